The van der Waals surface area contributed by atoms with Gasteiger partial charge in [0.2, 0.25) is 0 Å². The van der Waals surface area contributed by atoms with E-state index >= 15 is 0 Å². The van der Waals surface area contributed by atoms with Crippen molar-refractivity contribution in [2.24, 2.45) is 10.2 Å². The van der Waals surface area contributed by atoms with Gasteiger partial charge in [0.15, 0.2) is 5.17 Å². The van der Waals surface area contributed by atoms with E-state index in [1.54, 1.807) is 12.1 Å². The fourth-order valence-corrected chi connectivity index (χ4v) is 6.28. The van der Waals surface area contributed by atoms with E-state index in [0.29, 0.717) is 21.5 Å². The number of nitrogens with one attached hydrogen (secondary N) is 1. The van der Waals surface area contributed by atoms with Gasteiger partial charge in [-0.05, 0) is 55.7 Å². The summed E-state index contributed by atoms with van der Waals surface area (Å²) in [6, 6.07) is 12.7. The fourth-order valence-electron chi connectivity index (χ4n) is 3.04. The van der Waals surface area contributed by atoms with Gasteiger partial charge in [0.25, 0.3) is 5.91 Å². The standard InChI is InChI=1S/C21H24ClN3O2S/c1-4-5-11-28(22)20(17-12-14(2)18(26)15(3)13-17)24-25-21(28)23-19(27)16-9-7-6-8-10-16/h6-10,12-13,26H,4-5,11H2,1-3H3,(H,23,25,27). The zero-order chi connectivity index (χ0) is 20.3. The SMILES string of the molecule is CCCCS1(Cl)C(NC(=O)c2ccccc2)=NN=C1c1cc(C)c(O)c(C)c1. The molecule has 0 bridgehead atoms. The molecule has 2 N–H and O–H groups in total. The Balaban J connectivity index is 1.93. The van der Waals surface area contributed by atoms with E-state index in [1.165, 1.54) is 0 Å². The van der Waals surface area contributed by atoms with Crippen molar-refractivity contribution in [3.63, 3.8) is 0 Å². The number of halogens is 1. The highest BCUT2D eigenvalue weighted by Crippen LogP contribution is 2.60. The third-order valence-corrected chi connectivity index (χ3v) is 8.54. The van der Waals surface area contributed by atoms with Crippen molar-refractivity contribution < 1.29 is 9.90 Å². The van der Waals surface area contributed by atoms with Crippen LogP contribution in [-0.4, -0.2) is 27.0 Å². The first kappa shape index (κ1) is 20.4. The minimum Gasteiger partial charge on any atom is -0.507 e. The average Bonchev–Trinajstić information content (AvgIpc) is 3.01. The Bertz CT molecular complexity index is 936. The second-order valence-electron chi connectivity index (χ2n) is 6.80. The van der Waals surface area contributed by atoms with Crippen molar-refractivity contribution in [2.75, 3.05) is 5.75 Å². The second-order valence-corrected chi connectivity index (χ2v) is 10.9. The number of carbonyl (C=O) groups excluding carboxylic acids is 1. The van der Waals surface area contributed by atoms with Gasteiger partial charge >= 0.3 is 0 Å². The van der Waals surface area contributed by atoms with Crippen LogP contribution in [0.2, 0.25) is 0 Å². The zero-order valence-electron chi connectivity index (χ0n) is 16.2. The maximum atomic E-state index is 12.6. The number of aromatic hydroxyl groups is 1. The minimum absolute atomic E-state index is 0.247. The molecule has 1 amide bonds. The fraction of sp³-hybridized carbons (Fsp3) is 0.286. The zero-order valence-corrected chi connectivity index (χ0v) is 17.8. The molecule has 3 rings (SSSR count). The summed E-state index contributed by atoms with van der Waals surface area (Å²) in [6.07, 6.45) is 1.87. The Morgan fingerprint density at radius 3 is 2.39 bits per heavy atom. The molecule has 1 heterocycles. The van der Waals surface area contributed by atoms with Crippen molar-refractivity contribution in [1.82, 2.24) is 5.32 Å². The number of phenolic OH excluding ortho intramolecular Hbond substituents is 1. The van der Waals surface area contributed by atoms with E-state index in [1.807, 2.05) is 44.2 Å². The highest BCUT2D eigenvalue weighted by molar-refractivity contribution is 8.70. The van der Waals surface area contributed by atoms with Crippen LogP contribution in [0.1, 0.15) is 46.8 Å². The van der Waals surface area contributed by atoms with Crippen LogP contribution in [0.3, 0.4) is 0 Å². The van der Waals surface area contributed by atoms with E-state index in [4.69, 9.17) is 10.7 Å². The van der Waals surface area contributed by atoms with Gasteiger partial charge in [0.1, 0.15) is 10.8 Å². The van der Waals surface area contributed by atoms with Gasteiger partial charge in [-0.1, -0.05) is 51.5 Å². The van der Waals surface area contributed by atoms with Crippen LogP contribution in [0.25, 0.3) is 0 Å². The Hall–Kier alpha value is -2.31. The van der Waals surface area contributed by atoms with Gasteiger partial charge in [-0.25, -0.2) is 0 Å². The van der Waals surface area contributed by atoms with Crippen LogP contribution in [0.5, 0.6) is 5.75 Å². The van der Waals surface area contributed by atoms with Crippen LogP contribution >= 0.6 is 19.9 Å². The van der Waals surface area contributed by atoms with E-state index in [-0.39, 0.29) is 11.7 Å². The number of aryl methyl sites for hydroxylation is 2. The summed E-state index contributed by atoms with van der Waals surface area (Å²) >= 11 is 0. The first-order valence-electron chi connectivity index (χ1n) is 9.20. The van der Waals surface area contributed by atoms with Gasteiger partial charge in [0, 0.05) is 16.9 Å². The van der Waals surface area contributed by atoms with Gasteiger partial charge in [0.05, 0.1) is 0 Å². The molecule has 2 aromatic rings. The molecule has 0 radical (unpaired) electrons. The Morgan fingerprint density at radius 2 is 1.79 bits per heavy atom. The van der Waals surface area contributed by atoms with Crippen molar-refractivity contribution in [2.45, 2.75) is 33.6 Å². The summed E-state index contributed by atoms with van der Waals surface area (Å²) in [6.45, 7) is 5.79. The maximum Gasteiger partial charge on any atom is 0.257 e. The van der Waals surface area contributed by atoms with E-state index < -0.39 is 9.24 Å². The number of hydrogen-bond donors (Lipinski definition) is 2. The van der Waals surface area contributed by atoms with E-state index in [9.17, 15) is 9.90 Å². The molecule has 0 aromatic heterocycles. The van der Waals surface area contributed by atoms with E-state index in [2.05, 4.69) is 22.4 Å². The smallest absolute Gasteiger partial charge is 0.257 e. The lowest BCUT2D eigenvalue weighted by molar-refractivity contribution is 0.0978. The highest BCUT2D eigenvalue weighted by atomic mass is 35.7. The van der Waals surface area contributed by atoms with Crippen LogP contribution in [0, 0.1) is 13.8 Å². The third kappa shape index (κ3) is 3.93. The first-order chi connectivity index (χ1) is 13.4. The summed E-state index contributed by atoms with van der Waals surface area (Å²) in [4.78, 5) is 12.6. The second kappa shape index (κ2) is 8.37. The number of rotatable bonds is 5. The summed E-state index contributed by atoms with van der Waals surface area (Å²) in [5, 5.41) is 22.7. The molecule has 0 saturated heterocycles. The number of phenols is 1. The number of hydrogen-bond acceptors (Lipinski definition) is 4. The average molecular weight is 418 g/mol. The quantitative estimate of drug-likeness (QED) is 0.699. The number of benzene rings is 2. The molecule has 148 valence electrons. The molecule has 0 spiro atoms. The lowest BCUT2D eigenvalue weighted by Gasteiger charge is -2.31. The highest BCUT2D eigenvalue weighted by Gasteiger charge is 2.40. The predicted molar refractivity (Wildman–Crippen MR) is 119 cm³/mol. The number of amidine groups is 1. The number of carbonyl (C=O) groups is 1. The van der Waals surface area contributed by atoms with Crippen LogP contribution in [0.15, 0.2) is 52.7 Å². The van der Waals surface area contributed by atoms with Crippen LogP contribution in [-0.2, 0) is 0 Å². The Labute approximate surface area is 171 Å². The molecule has 0 fully saturated rings. The molecular formula is C21H24ClN3O2S. The van der Waals surface area contributed by atoms with Gasteiger partial charge < -0.3 is 5.11 Å². The minimum atomic E-state index is -2.09. The van der Waals surface area contributed by atoms with Crippen molar-refractivity contribution in [1.29, 1.82) is 0 Å². The maximum absolute atomic E-state index is 12.6. The molecule has 1 aliphatic heterocycles. The van der Waals surface area contributed by atoms with Crippen molar-refractivity contribution in [3.8, 4) is 5.75 Å². The molecule has 1 atom stereocenters. The normalized spacial score (nSPS) is 20.9. The number of unbranched alkanes of at least 4 members (excludes halogenated alkanes) is 1. The predicted octanol–water partition coefficient (Wildman–Crippen LogP) is 5.23. The molecule has 0 aliphatic carbocycles. The summed E-state index contributed by atoms with van der Waals surface area (Å²) in [5.41, 5.74) is 2.90. The monoisotopic (exact) mass is 417 g/mol. The number of nitrogens with zero attached hydrogens (tertiary/aromatic N) is 2. The van der Waals surface area contributed by atoms with Crippen LogP contribution in [0.4, 0.5) is 0 Å². The molecule has 0 saturated carbocycles. The summed E-state index contributed by atoms with van der Waals surface area (Å²) < 4.78 is 0. The Kier molecular flexibility index (Phi) is 6.10. The molecule has 28 heavy (non-hydrogen) atoms. The topological polar surface area (TPSA) is 74.0 Å². The van der Waals surface area contributed by atoms with Crippen molar-refractivity contribution >= 4 is 36.0 Å². The lowest BCUT2D eigenvalue weighted by Crippen LogP contribution is -2.34. The third-order valence-electron chi connectivity index (χ3n) is 4.62. The Morgan fingerprint density at radius 1 is 1.14 bits per heavy atom. The molecule has 1 unspecified atom stereocenters. The molecule has 2 aromatic carbocycles. The van der Waals surface area contributed by atoms with Gasteiger partial charge in [-0.3, -0.25) is 10.1 Å². The van der Waals surface area contributed by atoms with Gasteiger partial charge in [-0.15, -0.1) is 10.2 Å². The molecule has 7 heteroatoms. The first-order valence-corrected chi connectivity index (χ1v) is 11.8. The number of amides is 1. The molecule has 1 aliphatic rings. The van der Waals surface area contributed by atoms with Gasteiger partial charge in [-0.2, -0.15) is 0 Å². The molecule has 5 nitrogen and oxygen atoms in total. The summed E-state index contributed by atoms with van der Waals surface area (Å²) in [7, 11) is 5.05. The largest absolute Gasteiger partial charge is 0.507 e. The van der Waals surface area contributed by atoms with Crippen LogP contribution < -0.4 is 5.32 Å². The van der Waals surface area contributed by atoms with Crippen molar-refractivity contribution in [3.05, 3.63) is 64.7 Å². The summed E-state index contributed by atoms with van der Waals surface area (Å²) in [5.74, 6) is 0.698. The lowest BCUT2D eigenvalue weighted by atomic mass is 10.1. The van der Waals surface area contributed by atoms with E-state index in [0.717, 1.165) is 29.5 Å². The molecular weight excluding hydrogens is 394 g/mol.